The van der Waals surface area contributed by atoms with E-state index in [1.807, 2.05) is 0 Å². The number of halogens is 3. The maximum absolute atomic E-state index is 13.5. The van der Waals surface area contributed by atoms with E-state index in [0.717, 1.165) is 18.2 Å². The van der Waals surface area contributed by atoms with Gasteiger partial charge in [0.25, 0.3) is 0 Å². The topological polar surface area (TPSA) is 17.1 Å². The molecule has 0 aliphatic heterocycles. The van der Waals surface area contributed by atoms with Crippen LogP contribution in [0.1, 0.15) is 21.5 Å². The molecule has 92 valence electrons. The quantitative estimate of drug-likeness (QED) is 0.757. The highest BCUT2D eigenvalue weighted by Gasteiger charge is 2.17. The zero-order valence-corrected chi connectivity index (χ0v) is 11.1. The van der Waals surface area contributed by atoms with Gasteiger partial charge in [-0.15, -0.1) is 0 Å². The van der Waals surface area contributed by atoms with Gasteiger partial charge in [-0.25, -0.2) is 8.78 Å². The van der Waals surface area contributed by atoms with Crippen LogP contribution in [-0.2, 0) is 0 Å². The molecule has 4 heteroatoms. The summed E-state index contributed by atoms with van der Waals surface area (Å²) in [6.45, 7) is 1.75. The van der Waals surface area contributed by atoms with Crippen LogP contribution < -0.4 is 0 Å². The molecule has 0 fully saturated rings. The molecule has 0 bridgehead atoms. The second-order valence-corrected chi connectivity index (χ2v) is 4.83. The van der Waals surface area contributed by atoms with E-state index < -0.39 is 17.4 Å². The van der Waals surface area contributed by atoms with Crippen LogP contribution in [0.5, 0.6) is 0 Å². The summed E-state index contributed by atoms with van der Waals surface area (Å²) in [5.74, 6) is -1.88. The molecule has 0 saturated heterocycles. The second-order valence-electron chi connectivity index (χ2n) is 3.91. The lowest BCUT2D eigenvalue weighted by Gasteiger charge is -2.07. The number of carbonyl (C=O) groups excluding carboxylic acids is 1. The SMILES string of the molecule is Cc1ccc(Br)cc1C(=O)c1cc(F)ccc1F. The maximum atomic E-state index is 13.5. The summed E-state index contributed by atoms with van der Waals surface area (Å²) in [4.78, 5) is 12.2. The summed E-state index contributed by atoms with van der Waals surface area (Å²) in [7, 11) is 0. The van der Waals surface area contributed by atoms with Crippen molar-refractivity contribution in [3.8, 4) is 0 Å². The number of benzene rings is 2. The number of hydrogen-bond donors (Lipinski definition) is 0. The van der Waals surface area contributed by atoms with Crippen molar-refractivity contribution in [2.45, 2.75) is 6.92 Å². The number of carbonyl (C=O) groups is 1. The predicted octanol–water partition coefficient (Wildman–Crippen LogP) is 4.27. The van der Waals surface area contributed by atoms with Gasteiger partial charge in [-0.3, -0.25) is 4.79 Å². The van der Waals surface area contributed by atoms with Crippen LogP contribution in [0.4, 0.5) is 8.78 Å². The minimum atomic E-state index is -0.722. The zero-order valence-electron chi connectivity index (χ0n) is 9.51. The van der Waals surface area contributed by atoms with E-state index in [-0.39, 0.29) is 5.56 Å². The van der Waals surface area contributed by atoms with E-state index in [2.05, 4.69) is 15.9 Å². The standard InChI is InChI=1S/C14H9BrF2O/c1-8-2-3-9(15)6-11(8)14(18)12-7-10(16)4-5-13(12)17/h2-7H,1H3. The molecule has 0 spiro atoms. The third kappa shape index (κ3) is 2.48. The Balaban J connectivity index is 2.54. The van der Waals surface area contributed by atoms with Gasteiger partial charge in [0.15, 0.2) is 5.78 Å². The fourth-order valence-corrected chi connectivity index (χ4v) is 2.02. The molecular weight excluding hydrogens is 302 g/mol. The van der Waals surface area contributed by atoms with Crippen molar-refractivity contribution in [3.05, 3.63) is 69.2 Å². The summed E-state index contributed by atoms with van der Waals surface area (Å²) < 4.78 is 27.3. The van der Waals surface area contributed by atoms with Gasteiger partial charge in [-0.05, 0) is 42.8 Å². The fourth-order valence-electron chi connectivity index (χ4n) is 1.66. The van der Waals surface area contributed by atoms with E-state index in [4.69, 9.17) is 0 Å². The molecule has 0 radical (unpaired) electrons. The Labute approximate surface area is 112 Å². The molecule has 18 heavy (non-hydrogen) atoms. The van der Waals surface area contributed by atoms with Gasteiger partial charge >= 0.3 is 0 Å². The zero-order chi connectivity index (χ0) is 13.3. The van der Waals surface area contributed by atoms with E-state index in [9.17, 15) is 13.6 Å². The average Bonchev–Trinajstić information content (AvgIpc) is 2.34. The van der Waals surface area contributed by atoms with E-state index in [1.54, 1.807) is 25.1 Å². The summed E-state index contributed by atoms with van der Waals surface area (Å²) in [5.41, 5.74) is 0.817. The van der Waals surface area contributed by atoms with Crippen LogP contribution in [-0.4, -0.2) is 5.78 Å². The highest BCUT2D eigenvalue weighted by molar-refractivity contribution is 9.10. The van der Waals surface area contributed by atoms with Crippen LogP contribution >= 0.6 is 15.9 Å². The first-order valence-corrected chi connectivity index (χ1v) is 6.04. The average molecular weight is 311 g/mol. The van der Waals surface area contributed by atoms with Crippen LogP contribution in [0.2, 0.25) is 0 Å². The van der Waals surface area contributed by atoms with E-state index in [0.29, 0.717) is 15.6 Å². The third-order valence-electron chi connectivity index (χ3n) is 2.62. The van der Waals surface area contributed by atoms with Crippen molar-refractivity contribution in [1.29, 1.82) is 0 Å². The van der Waals surface area contributed by atoms with Gasteiger partial charge < -0.3 is 0 Å². The molecule has 0 aliphatic rings. The molecule has 0 atom stereocenters. The molecule has 0 aliphatic carbocycles. The molecule has 0 heterocycles. The number of hydrogen-bond acceptors (Lipinski definition) is 1. The summed E-state index contributed by atoms with van der Waals surface area (Å²) >= 11 is 3.25. The minimum absolute atomic E-state index is 0.254. The van der Waals surface area contributed by atoms with Crippen molar-refractivity contribution in [3.63, 3.8) is 0 Å². The largest absolute Gasteiger partial charge is 0.288 e. The number of rotatable bonds is 2. The van der Waals surface area contributed by atoms with E-state index in [1.165, 1.54) is 0 Å². The Hall–Kier alpha value is -1.55. The smallest absolute Gasteiger partial charge is 0.196 e. The van der Waals surface area contributed by atoms with Crippen LogP contribution in [0.15, 0.2) is 40.9 Å². The van der Waals surface area contributed by atoms with Gasteiger partial charge in [0, 0.05) is 10.0 Å². The molecule has 0 N–H and O–H groups in total. The van der Waals surface area contributed by atoms with Crippen molar-refractivity contribution in [2.24, 2.45) is 0 Å². The van der Waals surface area contributed by atoms with Crippen molar-refractivity contribution in [2.75, 3.05) is 0 Å². The fraction of sp³-hybridized carbons (Fsp3) is 0.0714. The van der Waals surface area contributed by atoms with E-state index >= 15 is 0 Å². The molecule has 2 aromatic carbocycles. The lowest BCUT2D eigenvalue weighted by molar-refractivity contribution is 0.103. The highest BCUT2D eigenvalue weighted by Crippen LogP contribution is 2.21. The molecule has 0 unspecified atom stereocenters. The summed E-state index contributed by atoms with van der Waals surface area (Å²) in [6.07, 6.45) is 0. The lowest BCUT2D eigenvalue weighted by Crippen LogP contribution is -2.07. The molecule has 1 nitrogen and oxygen atoms in total. The monoisotopic (exact) mass is 310 g/mol. The number of aryl methyl sites for hydroxylation is 1. The third-order valence-corrected chi connectivity index (χ3v) is 3.11. The first-order valence-electron chi connectivity index (χ1n) is 5.25. The van der Waals surface area contributed by atoms with Crippen molar-refractivity contribution in [1.82, 2.24) is 0 Å². The first-order chi connectivity index (χ1) is 8.49. The lowest BCUT2D eigenvalue weighted by atomic mass is 9.99. The minimum Gasteiger partial charge on any atom is -0.288 e. The second kappa shape index (κ2) is 4.98. The Morgan fingerprint density at radius 2 is 1.78 bits per heavy atom. The van der Waals surface area contributed by atoms with Crippen LogP contribution in [0.25, 0.3) is 0 Å². The summed E-state index contributed by atoms with van der Waals surface area (Å²) in [6, 6.07) is 7.98. The Bertz CT molecular complexity index is 570. The Morgan fingerprint density at radius 1 is 1.06 bits per heavy atom. The first kappa shape index (κ1) is 12.9. The summed E-state index contributed by atoms with van der Waals surface area (Å²) in [5, 5.41) is 0. The van der Waals surface area contributed by atoms with Gasteiger partial charge in [0.2, 0.25) is 0 Å². The van der Waals surface area contributed by atoms with Crippen LogP contribution in [0, 0.1) is 18.6 Å². The maximum Gasteiger partial charge on any atom is 0.196 e. The van der Waals surface area contributed by atoms with Crippen molar-refractivity contribution < 1.29 is 13.6 Å². The molecule has 2 rings (SSSR count). The molecule has 0 saturated carbocycles. The van der Waals surface area contributed by atoms with Gasteiger partial charge in [-0.2, -0.15) is 0 Å². The predicted molar refractivity (Wildman–Crippen MR) is 68.7 cm³/mol. The Morgan fingerprint density at radius 3 is 2.50 bits per heavy atom. The molecular formula is C14H9BrF2O. The van der Waals surface area contributed by atoms with Crippen LogP contribution in [0.3, 0.4) is 0 Å². The number of ketones is 1. The molecule has 0 aromatic heterocycles. The van der Waals surface area contributed by atoms with Gasteiger partial charge in [-0.1, -0.05) is 22.0 Å². The van der Waals surface area contributed by atoms with Crippen molar-refractivity contribution >= 4 is 21.7 Å². The highest BCUT2D eigenvalue weighted by atomic mass is 79.9. The molecule has 2 aromatic rings. The van der Waals surface area contributed by atoms with Gasteiger partial charge in [0.1, 0.15) is 11.6 Å². The van der Waals surface area contributed by atoms with Gasteiger partial charge in [0.05, 0.1) is 5.56 Å². The normalized spacial score (nSPS) is 10.4. The molecule has 0 amide bonds. The Kier molecular flexibility index (Phi) is 3.57.